The summed E-state index contributed by atoms with van der Waals surface area (Å²) in [5.74, 6) is 1.10. The van der Waals surface area contributed by atoms with E-state index in [9.17, 15) is 14.9 Å². The molecule has 0 saturated heterocycles. The van der Waals surface area contributed by atoms with Crippen LogP contribution in [-0.2, 0) is 4.79 Å². The predicted octanol–water partition coefficient (Wildman–Crippen LogP) is 3.72. The van der Waals surface area contributed by atoms with Crippen molar-refractivity contribution in [3.05, 3.63) is 58.6 Å². The minimum Gasteiger partial charge on any atom is -0.492 e. The van der Waals surface area contributed by atoms with Crippen LogP contribution in [0, 0.1) is 10.1 Å². The molecule has 2 rings (SSSR count). The molecule has 0 aliphatic rings. The van der Waals surface area contributed by atoms with Gasteiger partial charge in [0, 0.05) is 29.3 Å². The number of hydrogen-bond acceptors (Lipinski definition) is 5. The van der Waals surface area contributed by atoms with Gasteiger partial charge in [0.2, 0.25) is 5.91 Å². The van der Waals surface area contributed by atoms with Gasteiger partial charge in [0.05, 0.1) is 17.6 Å². The molecule has 2 aromatic rings. The third-order valence-electron chi connectivity index (χ3n) is 2.82. The van der Waals surface area contributed by atoms with Crippen molar-refractivity contribution >= 4 is 29.0 Å². The van der Waals surface area contributed by atoms with Gasteiger partial charge in [0.15, 0.2) is 0 Å². The minimum absolute atomic E-state index is 0.0173. The Morgan fingerprint density at radius 2 is 2.00 bits per heavy atom. The van der Waals surface area contributed by atoms with Gasteiger partial charge in [-0.2, -0.15) is 0 Å². The van der Waals surface area contributed by atoms with Gasteiger partial charge < -0.3 is 10.1 Å². The molecule has 0 atom stereocenters. The molecular formula is C16H16N2O4S. The Hall–Kier alpha value is -2.54. The van der Waals surface area contributed by atoms with Crippen molar-refractivity contribution in [2.45, 2.75) is 11.8 Å². The topological polar surface area (TPSA) is 81.5 Å². The van der Waals surface area contributed by atoms with Crippen LogP contribution in [-0.4, -0.2) is 23.2 Å². The number of anilines is 1. The van der Waals surface area contributed by atoms with Crippen molar-refractivity contribution in [1.29, 1.82) is 0 Å². The second kappa shape index (κ2) is 8.19. The molecule has 0 fully saturated rings. The molecule has 0 heterocycles. The van der Waals surface area contributed by atoms with Crippen molar-refractivity contribution < 1.29 is 14.5 Å². The Kier molecular flexibility index (Phi) is 5.99. The maximum absolute atomic E-state index is 10.9. The number of nitrogens with zero attached hydrogens (tertiary/aromatic N) is 1. The molecule has 7 heteroatoms. The lowest BCUT2D eigenvalue weighted by atomic mass is 10.3. The number of nitro groups is 1. The van der Waals surface area contributed by atoms with E-state index in [2.05, 4.69) is 5.32 Å². The predicted molar refractivity (Wildman–Crippen MR) is 90.1 cm³/mol. The molecule has 1 amide bonds. The molecule has 0 aliphatic heterocycles. The van der Waals surface area contributed by atoms with Gasteiger partial charge in [-0.25, -0.2) is 0 Å². The van der Waals surface area contributed by atoms with Crippen molar-refractivity contribution in [2.24, 2.45) is 0 Å². The summed E-state index contributed by atoms with van der Waals surface area (Å²) in [4.78, 5) is 22.2. The van der Waals surface area contributed by atoms with E-state index < -0.39 is 4.92 Å². The average Bonchev–Trinajstić information content (AvgIpc) is 2.53. The summed E-state index contributed by atoms with van der Waals surface area (Å²) in [5.41, 5.74) is 0.776. The van der Waals surface area contributed by atoms with Crippen LogP contribution in [0.2, 0.25) is 0 Å². The first-order chi connectivity index (χ1) is 11.0. The van der Waals surface area contributed by atoms with Gasteiger partial charge in [0.25, 0.3) is 5.69 Å². The van der Waals surface area contributed by atoms with E-state index in [1.165, 1.54) is 19.1 Å². The minimum atomic E-state index is -0.446. The van der Waals surface area contributed by atoms with E-state index in [-0.39, 0.29) is 11.6 Å². The van der Waals surface area contributed by atoms with Crippen molar-refractivity contribution in [2.75, 3.05) is 17.7 Å². The molecule has 0 spiro atoms. The van der Waals surface area contributed by atoms with Gasteiger partial charge in [-0.15, -0.1) is 11.8 Å². The van der Waals surface area contributed by atoms with E-state index in [4.69, 9.17) is 4.74 Å². The smallest absolute Gasteiger partial charge is 0.273 e. The number of non-ortho nitro benzene ring substituents is 1. The van der Waals surface area contributed by atoms with Gasteiger partial charge in [-0.1, -0.05) is 6.07 Å². The van der Waals surface area contributed by atoms with Crippen LogP contribution in [0.4, 0.5) is 11.4 Å². The first-order valence-corrected chi connectivity index (χ1v) is 7.91. The van der Waals surface area contributed by atoms with E-state index in [1.807, 2.05) is 24.3 Å². The largest absolute Gasteiger partial charge is 0.492 e. The summed E-state index contributed by atoms with van der Waals surface area (Å²) < 4.78 is 5.51. The van der Waals surface area contributed by atoms with E-state index in [1.54, 1.807) is 23.9 Å². The van der Waals surface area contributed by atoms with Crippen LogP contribution in [0.1, 0.15) is 6.92 Å². The van der Waals surface area contributed by atoms with Gasteiger partial charge in [0.1, 0.15) is 5.75 Å². The van der Waals surface area contributed by atoms with E-state index in [0.29, 0.717) is 18.1 Å². The molecule has 2 aromatic carbocycles. The Morgan fingerprint density at radius 1 is 1.26 bits per heavy atom. The molecule has 1 N–H and O–H groups in total. The second-order valence-electron chi connectivity index (χ2n) is 4.66. The van der Waals surface area contributed by atoms with Crippen molar-refractivity contribution in [1.82, 2.24) is 0 Å². The van der Waals surface area contributed by atoms with Crippen LogP contribution in [0.15, 0.2) is 53.4 Å². The monoisotopic (exact) mass is 332 g/mol. The summed E-state index contributed by atoms with van der Waals surface area (Å²) in [6.45, 7) is 1.91. The number of carbonyl (C=O) groups is 1. The first kappa shape index (κ1) is 16.8. The Morgan fingerprint density at radius 3 is 2.65 bits per heavy atom. The molecule has 0 bridgehead atoms. The molecule has 6 nitrogen and oxygen atoms in total. The molecule has 23 heavy (non-hydrogen) atoms. The number of amides is 1. The SMILES string of the molecule is CC(=O)Nc1ccc(SCCOc2cccc([N+](=O)[O-])c2)cc1. The number of benzene rings is 2. The third-order valence-corrected chi connectivity index (χ3v) is 3.80. The lowest BCUT2D eigenvalue weighted by Gasteiger charge is -2.07. The van der Waals surface area contributed by atoms with Crippen molar-refractivity contribution in [3.8, 4) is 5.75 Å². The lowest BCUT2D eigenvalue weighted by Crippen LogP contribution is -2.05. The Bertz CT molecular complexity index is 689. The van der Waals surface area contributed by atoms with Crippen molar-refractivity contribution in [3.63, 3.8) is 0 Å². The molecule has 0 radical (unpaired) electrons. The summed E-state index contributed by atoms with van der Waals surface area (Å²) in [6, 6.07) is 13.6. The quantitative estimate of drug-likeness (QED) is 0.362. The highest BCUT2D eigenvalue weighted by atomic mass is 32.2. The maximum atomic E-state index is 10.9. The zero-order chi connectivity index (χ0) is 16.7. The summed E-state index contributed by atoms with van der Waals surface area (Å²) >= 11 is 1.61. The normalized spacial score (nSPS) is 10.1. The number of nitrogens with one attached hydrogen (secondary N) is 1. The number of nitro benzene ring substituents is 1. The highest BCUT2D eigenvalue weighted by molar-refractivity contribution is 7.99. The standard InChI is InChI=1S/C16H16N2O4S/c1-12(19)17-13-5-7-16(8-6-13)23-10-9-22-15-4-2-3-14(11-15)18(20)21/h2-8,11H,9-10H2,1H3,(H,17,19). The summed E-state index contributed by atoms with van der Waals surface area (Å²) in [7, 11) is 0. The highest BCUT2D eigenvalue weighted by Gasteiger charge is 2.06. The average molecular weight is 332 g/mol. The molecule has 0 saturated carbocycles. The highest BCUT2D eigenvalue weighted by Crippen LogP contribution is 2.22. The van der Waals surface area contributed by atoms with Crippen LogP contribution in [0.3, 0.4) is 0 Å². The first-order valence-electron chi connectivity index (χ1n) is 6.92. The number of hydrogen-bond donors (Lipinski definition) is 1. The summed E-state index contributed by atoms with van der Waals surface area (Å²) in [5, 5.41) is 13.4. The van der Waals surface area contributed by atoms with Gasteiger partial charge >= 0.3 is 0 Å². The number of ether oxygens (including phenoxy) is 1. The number of carbonyl (C=O) groups excluding carboxylic acids is 1. The molecular weight excluding hydrogens is 316 g/mol. The fraction of sp³-hybridized carbons (Fsp3) is 0.188. The maximum Gasteiger partial charge on any atom is 0.273 e. The summed E-state index contributed by atoms with van der Waals surface area (Å²) in [6.07, 6.45) is 0. The van der Waals surface area contributed by atoms with E-state index >= 15 is 0 Å². The fourth-order valence-electron chi connectivity index (χ4n) is 1.84. The van der Waals surface area contributed by atoms with E-state index in [0.717, 1.165) is 10.6 Å². The molecule has 0 aliphatic carbocycles. The zero-order valence-corrected chi connectivity index (χ0v) is 13.3. The van der Waals surface area contributed by atoms with Crippen LogP contribution >= 0.6 is 11.8 Å². The Balaban J connectivity index is 1.78. The number of rotatable bonds is 7. The molecule has 120 valence electrons. The van der Waals surface area contributed by atoms with Crippen LogP contribution in [0.25, 0.3) is 0 Å². The zero-order valence-electron chi connectivity index (χ0n) is 12.5. The number of thioether (sulfide) groups is 1. The molecule has 0 unspecified atom stereocenters. The van der Waals surface area contributed by atoms with Gasteiger partial charge in [-0.3, -0.25) is 14.9 Å². The fourth-order valence-corrected chi connectivity index (χ4v) is 2.57. The van der Waals surface area contributed by atoms with Crippen LogP contribution < -0.4 is 10.1 Å². The third kappa shape index (κ3) is 5.63. The second-order valence-corrected chi connectivity index (χ2v) is 5.83. The lowest BCUT2D eigenvalue weighted by molar-refractivity contribution is -0.384. The Labute approximate surface area is 138 Å². The van der Waals surface area contributed by atoms with Crippen LogP contribution in [0.5, 0.6) is 5.75 Å². The van der Waals surface area contributed by atoms with Gasteiger partial charge in [-0.05, 0) is 30.3 Å². The molecule has 0 aromatic heterocycles.